The highest BCUT2D eigenvalue weighted by Gasteiger charge is 2.21. The van der Waals surface area contributed by atoms with E-state index in [4.69, 9.17) is 4.74 Å². The number of ether oxygens (including phenoxy) is 1. The number of hydrogen-bond acceptors (Lipinski definition) is 3. The van der Waals surface area contributed by atoms with Gasteiger partial charge < -0.3 is 15.2 Å². The van der Waals surface area contributed by atoms with Gasteiger partial charge in [0.1, 0.15) is 5.75 Å². The Balaban J connectivity index is 2.02. The molecule has 18 heavy (non-hydrogen) atoms. The Morgan fingerprint density at radius 1 is 1.44 bits per heavy atom. The van der Waals surface area contributed by atoms with Crippen LogP contribution in [-0.2, 0) is 4.74 Å². The molecule has 0 radical (unpaired) electrons. The molecule has 0 amide bonds. The van der Waals surface area contributed by atoms with Crippen molar-refractivity contribution in [2.75, 3.05) is 6.61 Å². The van der Waals surface area contributed by atoms with E-state index in [0.29, 0.717) is 17.9 Å². The summed E-state index contributed by atoms with van der Waals surface area (Å²) in [4.78, 5) is 0. The lowest BCUT2D eigenvalue weighted by Crippen LogP contribution is -2.39. The summed E-state index contributed by atoms with van der Waals surface area (Å²) in [6.45, 7) is 7.09. The zero-order valence-electron chi connectivity index (χ0n) is 11.4. The Bertz CT molecular complexity index is 405. The fourth-order valence-corrected chi connectivity index (χ4v) is 2.61. The number of hydrogen-bond donors (Lipinski definition) is 2. The standard InChI is InChI=1S/C15H23NO2/c1-10-4-5-15(17)14(8-10)12(3)16-13-6-7-18-11(2)9-13/h4-5,8,11-13,16-17H,6-7,9H2,1-3H3. The van der Waals surface area contributed by atoms with E-state index in [1.54, 1.807) is 6.07 Å². The van der Waals surface area contributed by atoms with Crippen LogP contribution in [0.4, 0.5) is 0 Å². The van der Waals surface area contributed by atoms with Crippen molar-refractivity contribution in [1.29, 1.82) is 0 Å². The molecule has 0 aliphatic carbocycles. The smallest absolute Gasteiger partial charge is 0.120 e. The summed E-state index contributed by atoms with van der Waals surface area (Å²) >= 11 is 0. The average molecular weight is 249 g/mol. The molecule has 2 N–H and O–H groups in total. The molecule has 3 unspecified atom stereocenters. The summed E-state index contributed by atoms with van der Waals surface area (Å²) in [5.74, 6) is 0.376. The maximum atomic E-state index is 9.92. The summed E-state index contributed by atoms with van der Waals surface area (Å²) in [6.07, 6.45) is 2.41. The second kappa shape index (κ2) is 5.72. The monoisotopic (exact) mass is 249 g/mol. The van der Waals surface area contributed by atoms with Crippen molar-refractivity contribution in [1.82, 2.24) is 5.32 Å². The minimum Gasteiger partial charge on any atom is -0.508 e. The van der Waals surface area contributed by atoms with E-state index in [0.717, 1.165) is 25.0 Å². The molecule has 3 heteroatoms. The first-order chi connectivity index (χ1) is 8.56. The molecule has 1 saturated heterocycles. The largest absolute Gasteiger partial charge is 0.508 e. The van der Waals surface area contributed by atoms with Gasteiger partial charge in [0.25, 0.3) is 0 Å². The maximum absolute atomic E-state index is 9.92. The molecule has 1 aromatic rings. The molecule has 1 heterocycles. The molecule has 0 spiro atoms. The summed E-state index contributed by atoms with van der Waals surface area (Å²) in [5.41, 5.74) is 2.16. The van der Waals surface area contributed by atoms with Crippen LogP contribution in [0.5, 0.6) is 5.75 Å². The van der Waals surface area contributed by atoms with Crippen molar-refractivity contribution in [3.63, 3.8) is 0 Å². The molecule has 100 valence electrons. The molecule has 0 bridgehead atoms. The van der Waals surface area contributed by atoms with Crippen LogP contribution in [0.25, 0.3) is 0 Å². The highest BCUT2D eigenvalue weighted by atomic mass is 16.5. The molecule has 1 fully saturated rings. The number of aryl methyl sites for hydroxylation is 1. The Morgan fingerprint density at radius 2 is 2.22 bits per heavy atom. The van der Waals surface area contributed by atoms with E-state index in [1.807, 2.05) is 13.0 Å². The van der Waals surface area contributed by atoms with Crippen LogP contribution in [0.1, 0.15) is 43.9 Å². The molecule has 1 aromatic carbocycles. The lowest BCUT2D eigenvalue weighted by atomic mass is 9.99. The summed E-state index contributed by atoms with van der Waals surface area (Å²) < 4.78 is 5.55. The van der Waals surface area contributed by atoms with Gasteiger partial charge in [0.15, 0.2) is 0 Å². The van der Waals surface area contributed by atoms with E-state index in [9.17, 15) is 5.11 Å². The van der Waals surface area contributed by atoms with Gasteiger partial charge in [-0.25, -0.2) is 0 Å². The molecule has 0 aromatic heterocycles. The first-order valence-electron chi connectivity index (χ1n) is 6.73. The van der Waals surface area contributed by atoms with Crippen LogP contribution in [0, 0.1) is 6.92 Å². The second-order valence-corrected chi connectivity index (χ2v) is 5.35. The van der Waals surface area contributed by atoms with Gasteiger partial charge in [-0.1, -0.05) is 17.7 Å². The van der Waals surface area contributed by atoms with Crippen molar-refractivity contribution in [2.45, 2.75) is 51.8 Å². The third-order valence-corrected chi connectivity index (χ3v) is 3.62. The molecule has 3 atom stereocenters. The molecular formula is C15H23NO2. The third-order valence-electron chi connectivity index (χ3n) is 3.62. The minimum absolute atomic E-state index is 0.167. The number of rotatable bonds is 3. The number of phenols is 1. The van der Waals surface area contributed by atoms with Crippen LogP contribution in [-0.4, -0.2) is 23.9 Å². The number of benzene rings is 1. The van der Waals surface area contributed by atoms with Gasteiger partial charge in [-0.2, -0.15) is 0 Å². The quantitative estimate of drug-likeness (QED) is 0.865. The van der Waals surface area contributed by atoms with Gasteiger partial charge in [-0.05, 0) is 39.7 Å². The predicted molar refractivity (Wildman–Crippen MR) is 72.8 cm³/mol. The van der Waals surface area contributed by atoms with Crippen molar-refractivity contribution in [3.8, 4) is 5.75 Å². The molecule has 1 aliphatic heterocycles. The molecular weight excluding hydrogens is 226 g/mol. The lowest BCUT2D eigenvalue weighted by Gasteiger charge is -2.30. The van der Waals surface area contributed by atoms with Crippen LogP contribution in [0.3, 0.4) is 0 Å². The minimum atomic E-state index is 0.167. The number of phenolic OH excluding ortho intramolecular Hbond substituents is 1. The van der Waals surface area contributed by atoms with Gasteiger partial charge in [-0.3, -0.25) is 0 Å². The summed E-state index contributed by atoms with van der Waals surface area (Å²) in [6, 6.07) is 6.40. The fraction of sp³-hybridized carbons (Fsp3) is 0.600. The van der Waals surface area contributed by atoms with Crippen LogP contribution in [0.15, 0.2) is 18.2 Å². The van der Waals surface area contributed by atoms with Crippen LogP contribution in [0.2, 0.25) is 0 Å². The van der Waals surface area contributed by atoms with E-state index in [2.05, 4.69) is 25.2 Å². The molecule has 0 saturated carbocycles. The Kier molecular flexibility index (Phi) is 4.25. The Labute approximate surface area is 109 Å². The van der Waals surface area contributed by atoms with Gasteiger partial charge in [0, 0.05) is 24.3 Å². The van der Waals surface area contributed by atoms with E-state index < -0.39 is 0 Å². The normalized spacial score (nSPS) is 25.9. The van der Waals surface area contributed by atoms with E-state index in [1.165, 1.54) is 5.56 Å². The van der Waals surface area contributed by atoms with Gasteiger partial charge in [0.2, 0.25) is 0 Å². The zero-order valence-corrected chi connectivity index (χ0v) is 11.4. The first kappa shape index (κ1) is 13.4. The summed E-state index contributed by atoms with van der Waals surface area (Å²) in [7, 11) is 0. The number of nitrogens with one attached hydrogen (secondary N) is 1. The maximum Gasteiger partial charge on any atom is 0.120 e. The third kappa shape index (κ3) is 3.24. The molecule has 3 nitrogen and oxygen atoms in total. The second-order valence-electron chi connectivity index (χ2n) is 5.35. The van der Waals surface area contributed by atoms with Crippen molar-refractivity contribution in [3.05, 3.63) is 29.3 Å². The van der Waals surface area contributed by atoms with Crippen molar-refractivity contribution < 1.29 is 9.84 Å². The molecule has 2 rings (SSSR count). The summed E-state index contributed by atoms with van der Waals surface area (Å²) in [5, 5.41) is 13.5. The SMILES string of the molecule is Cc1ccc(O)c(C(C)NC2CCOC(C)C2)c1. The average Bonchev–Trinajstić information content (AvgIpc) is 2.32. The zero-order chi connectivity index (χ0) is 13.1. The van der Waals surface area contributed by atoms with Gasteiger partial charge in [0.05, 0.1) is 6.10 Å². The Hall–Kier alpha value is -1.06. The topological polar surface area (TPSA) is 41.5 Å². The lowest BCUT2D eigenvalue weighted by molar-refractivity contribution is 0.0115. The number of aromatic hydroxyl groups is 1. The first-order valence-corrected chi connectivity index (χ1v) is 6.73. The van der Waals surface area contributed by atoms with Crippen LogP contribution >= 0.6 is 0 Å². The highest BCUT2D eigenvalue weighted by molar-refractivity contribution is 5.37. The van der Waals surface area contributed by atoms with Gasteiger partial charge >= 0.3 is 0 Å². The van der Waals surface area contributed by atoms with Crippen LogP contribution < -0.4 is 5.32 Å². The predicted octanol–water partition coefficient (Wildman–Crippen LogP) is 2.92. The fourth-order valence-electron chi connectivity index (χ4n) is 2.61. The van der Waals surface area contributed by atoms with Crippen molar-refractivity contribution >= 4 is 0 Å². The van der Waals surface area contributed by atoms with Gasteiger partial charge in [-0.15, -0.1) is 0 Å². The Morgan fingerprint density at radius 3 is 2.94 bits per heavy atom. The molecule has 1 aliphatic rings. The van der Waals surface area contributed by atoms with Crippen molar-refractivity contribution in [2.24, 2.45) is 0 Å². The highest BCUT2D eigenvalue weighted by Crippen LogP contribution is 2.26. The van der Waals surface area contributed by atoms with E-state index in [-0.39, 0.29) is 6.04 Å². The van der Waals surface area contributed by atoms with E-state index >= 15 is 0 Å².